The number of H-pyrrole nitrogens is 3. The molecule has 0 radical (unpaired) electrons. The average Bonchev–Trinajstić information content (AvgIpc) is 3.84. The molecular weight excluding hydrogens is 606 g/mol. The van der Waals surface area contributed by atoms with Gasteiger partial charge in [-0.1, -0.05) is 27.7 Å². The summed E-state index contributed by atoms with van der Waals surface area (Å²) in [4.78, 5) is 22.0. The van der Waals surface area contributed by atoms with Crippen LogP contribution < -0.4 is 0 Å². The maximum Gasteiger partial charge on any atom is 0.0929 e. The summed E-state index contributed by atoms with van der Waals surface area (Å²) in [7, 11) is 0. The van der Waals surface area contributed by atoms with Crippen molar-refractivity contribution in [1.82, 2.24) is 24.9 Å². The molecule has 4 aromatic heterocycles. The van der Waals surface area contributed by atoms with Crippen LogP contribution in [0.2, 0.25) is 0 Å². The van der Waals surface area contributed by atoms with Crippen molar-refractivity contribution in [2.45, 2.75) is 107 Å². The Hall–Kier alpha value is -4.20. The lowest BCUT2D eigenvalue weighted by Gasteiger charge is -2.02. The molecule has 0 atom stereocenters. The highest BCUT2D eigenvalue weighted by atomic mass is 16.3. The van der Waals surface area contributed by atoms with E-state index in [4.69, 9.17) is 9.97 Å². The third-order valence-electron chi connectivity index (χ3n) is 10.8. The minimum absolute atomic E-state index is 0.144. The number of aliphatic hydroxyl groups excluding tert-OH is 2. The first-order valence-electron chi connectivity index (χ1n) is 18.3. The number of aromatic nitrogens is 5. The molecule has 5 N–H and O–H groups in total. The molecule has 10 bridgehead atoms. The lowest BCUT2D eigenvalue weighted by atomic mass is 9.99. The van der Waals surface area contributed by atoms with Crippen LogP contribution in [0, 0.1) is 13.8 Å². The largest absolute Gasteiger partial charge is 0.396 e. The van der Waals surface area contributed by atoms with Gasteiger partial charge < -0.3 is 25.2 Å². The molecular formula is C42H53N5O2. The molecule has 49 heavy (non-hydrogen) atoms. The van der Waals surface area contributed by atoms with Gasteiger partial charge in [0.1, 0.15) is 0 Å². The first-order valence-corrected chi connectivity index (χ1v) is 18.3. The summed E-state index contributed by atoms with van der Waals surface area (Å²) in [6.07, 6.45) is 6.55. The summed E-state index contributed by atoms with van der Waals surface area (Å²) in [5.74, 6) is 0. The van der Waals surface area contributed by atoms with Crippen LogP contribution in [0.4, 0.5) is 0 Å². The zero-order valence-electron chi connectivity index (χ0n) is 30.7. The minimum atomic E-state index is 0.144. The molecule has 4 aromatic rings. The van der Waals surface area contributed by atoms with Crippen molar-refractivity contribution in [2.24, 2.45) is 0 Å². The molecule has 0 fully saturated rings. The smallest absolute Gasteiger partial charge is 0.0929 e. The van der Waals surface area contributed by atoms with Gasteiger partial charge in [0.25, 0.3) is 0 Å². The predicted octanol–water partition coefficient (Wildman–Crippen LogP) is 9.63. The van der Waals surface area contributed by atoms with Crippen molar-refractivity contribution in [2.75, 3.05) is 13.2 Å². The van der Waals surface area contributed by atoms with Crippen LogP contribution in [-0.2, 0) is 25.7 Å². The van der Waals surface area contributed by atoms with E-state index in [0.717, 1.165) is 94.4 Å². The predicted molar refractivity (Wildman–Crippen MR) is 206 cm³/mol. The van der Waals surface area contributed by atoms with Crippen LogP contribution in [0.15, 0.2) is 24.3 Å². The van der Waals surface area contributed by atoms with E-state index in [1.165, 1.54) is 55.7 Å². The van der Waals surface area contributed by atoms with Crippen LogP contribution in [0.1, 0.15) is 123 Å². The van der Waals surface area contributed by atoms with E-state index in [1.807, 2.05) is 0 Å². The summed E-state index contributed by atoms with van der Waals surface area (Å²) in [5, 5.41) is 19.6. The first-order chi connectivity index (χ1) is 23.7. The minimum Gasteiger partial charge on any atom is -0.396 e. The van der Waals surface area contributed by atoms with Gasteiger partial charge in [0.05, 0.1) is 22.8 Å². The SMILES string of the molecule is CCC1=C(C)c2nc1cc1[nH]c(cc3[nH]c(cc4[nH]c(cc5nc2C(C)=C5CC)c(CC)c4CC)c(CCCO)c3C)c(CCCO)c1C. The number of aliphatic hydroxyl groups is 2. The Bertz CT molecular complexity index is 2190. The average molecular weight is 660 g/mol. The number of aryl methyl sites for hydroxylation is 6. The molecule has 7 nitrogen and oxygen atoms in total. The molecule has 7 heteroatoms. The number of nitrogens with zero attached hydrogens (tertiary/aromatic N) is 2. The number of nitrogens with one attached hydrogen (secondary N) is 3. The Morgan fingerprint density at radius 2 is 0.857 bits per heavy atom. The van der Waals surface area contributed by atoms with E-state index < -0.39 is 0 Å². The number of fused-ring (bicyclic) bond motifs is 11. The van der Waals surface area contributed by atoms with Gasteiger partial charge in [0.2, 0.25) is 0 Å². The zero-order valence-corrected chi connectivity index (χ0v) is 30.7. The Morgan fingerprint density at radius 3 is 1.29 bits per heavy atom. The van der Waals surface area contributed by atoms with E-state index in [2.05, 4.69) is 94.6 Å². The zero-order chi connectivity index (χ0) is 35.0. The lowest BCUT2D eigenvalue weighted by molar-refractivity contribution is 0.288. The molecule has 258 valence electrons. The van der Waals surface area contributed by atoms with Crippen molar-refractivity contribution in [1.29, 1.82) is 0 Å². The van der Waals surface area contributed by atoms with E-state index >= 15 is 0 Å². The van der Waals surface area contributed by atoms with Gasteiger partial charge in [0.15, 0.2) is 0 Å². The van der Waals surface area contributed by atoms with Crippen molar-refractivity contribution in [3.63, 3.8) is 0 Å². The number of allylic oxidation sites excluding steroid dienone is 4. The highest BCUT2D eigenvalue weighted by Crippen LogP contribution is 2.40. The Balaban J connectivity index is 1.83. The highest BCUT2D eigenvalue weighted by Gasteiger charge is 2.25. The van der Waals surface area contributed by atoms with Gasteiger partial charge in [0, 0.05) is 46.3 Å². The molecule has 2 aliphatic heterocycles. The normalized spacial score (nSPS) is 13.3. The van der Waals surface area contributed by atoms with E-state index in [0.29, 0.717) is 12.8 Å². The second-order valence-electron chi connectivity index (χ2n) is 13.6. The molecule has 6 rings (SSSR count). The lowest BCUT2D eigenvalue weighted by Crippen LogP contribution is -1.91. The number of rotatable bonds is 10. The summed E-state index contributed by atoms with van der Waals surface area (Å²) >= 11 is 0. The molecule has 0 spiro atoms. The molecule has 0 unspecified atom stereocenters. The Labute approximate surface area is 290 Å². The Morgan fingerprint density at radius 1 is 0.490 bits per heavy atom. The number of aromatic amines is 3. The number of hydrogen-bond donors (Lipinski definition) is 5. The van der Waals surface area contributed by atoms with Gasteiger partial charge in [-0.05, 0) is 159 Å². The maximum absolute atomic E-state index is 9.82. The Kier molecular flexibility index (Phi) is 10.1. The van der Waals surface area contributed by atoms with Crippen LogP contribution in [0.5, 0.6) is 0 Å². The van der Waals surface area contributed by atoms with Gasteiger partial charge in [-0.3, -0.25) is 0 Å². The molecule has 2 aliphatic rings. The third-order valence-corrected chi connectivity index (χ3v) is 10.8. The standard InChI is InChI=1S/C42H53N5O2/c1-9-27-25(7)41-42-26(8)28(10-2)36(47-42)21-37-29(11-3)30(12-4)38(45-37)22-40-32(16-14-18-49)24(6)34(44-40)20-39-31(15-13-17-48)23(5)33(43-39)19-35(27)46-41/h19-22,43-45,48-49H,9-18H2,1-8H3. The van der Waals surface area contributed by atoms with Crippen molar-refractivity contribution in [3.05, 3.63) is 80.4 Å². The molecule has 0 aliphatic carbocycles. The summed E-state index contributed by atoms with van der Waals surface area (Å²) < 4.78 is 0. The van der Waals surface area contributed by atoms with Crippen molar-refractivity contribution >= 4 is 55.4 Å². The third kappa shape index (κ3) is 6.12. The van der Waals surface area contributed by atoms with Gasteiger partial charge in [-0.2, -0.15) is 0 Å². The fourth-order valence-corrected chi connectivity index (χ4v) is 8.09. The fraction of sp³-hybridized carbons (Fsp3) is 0.429. The van der Waals surface area contributed by atoms with Crippen LogP contribution in [0.25, 0.3) is 55.4 Å². The fourth-order valence-electron chi connectivity index (χ4n) is 8.09. The van der Waals surface area contributed by atoms with Crippen LogP contribution >= 0.6 is 0 Å². The summed E-state index contributed by atoms with van der Waals surface area (Å²) in [6.45, 7) is 17.9. The molecule has 0 aromatic carbocycles. The van der Waals surface area contributed by atoms with Gasteiger partial charge in [-0.25, -0.2) is 9.97 Å². The second kappa shape index (κ2) is 14.3. The molecule has 0 saturated carbocycles. The van der Waals surface area contributed by atoms with Gasteiger partial charge >= 0.3 is 0 Å². The van der Waals surface area contributed by atoms with Crippen molar-refractivity contribution in [3.8, 4) is 0 Å². The monoisotopic (exact) mass is 659 g/mol. The quantitative estimate of drug-likeness (QED) is 0.117. The highest BCUT2D eigenvalue weighted by molar-refractivity contribution is 5.99. The summed E-state index contributed by atoms with van der Waals surface area (Å²) in [5.41, 5.74) is 22.8. The van der Waals surface area contributed by atoms with E-state index in [1.54, 1.807) is 0 Å². The maximum atomic E-state index is 9.82. The first kappa shape index (κ1) is 34.7. The molecule has 0 amide bonds. The van der Waals surface area contributed by atoms with E-state index in [-0.39, 0.29) is 13.2 Å². The van der Waals surface area contributed by atoms with E-state index in [9.17, 15) is 10.2 Å². The molecule has 6 heterocycles. The molecule has 0 saturated heterocycles. The number of hydrogen-bond acceptors (Lipinski definition) is 4. The van der Waals surface area contributed by atoms with Crippen molar-refractivity contribution < 1.29 is 10.2 Å². The topological polar surface area (TPSA) is 114 Å². The van der Waals surface area contributed by atoms with Crippen LogP contribution in [-0.4, -0.2) is 48.3 Å². The summed E-state index contributed by atoms with van der Waals surface area (Å²) in [6, 6.07) is 8.96. The van der Waals surface area contributed by atoms with Gasteiger partial charge in [-0.15, -0.1) is 0 Å². The van der Waals surface area contributed by atoms with Crippen LogP contribution in [0.3, 0.4) is 0 Å². The second-order valence-corrected chi connectivity index (χ2v) is 13.6.